The average molecular weight is 247 g/mol. The number of hydrogen-bond acceptors (Lipinski definition) is 3. The van der Waals surface area contributed by atoms with Crippen molar-refractivity contribution >= 4 is 11.8 Å². The van der Waals surface area contributed by atoms with Crippen molar-refractivity contribution in [1.82, 2.24) is 9.80 Å². The lowest BCUT2D eigenvalue weighted by molar-refractivity contribution is -0.155. The first-order valence-electron chi connectivity index (χ1n) is 5.94. The molecule has 0 aliphatic carbocycles. The minimum atomic E-state index is -0.463. The van der Waals surface area contributed by atoms with Crippen LogP contribution in [0.25, 0.3) is 0 Å². The fourth-order valence-electron chi connectivity index (χ4n) is 1.99. The van der Waals surface area contributed by atoms with E-state index in [1.807, 2.05) is 30.3 Å². The van der Waals surface area contributed by atoms with Crippen LogP contribution < -0.4 is 5.73 Å². The molecule has 1 aliphatic rings. The highest BCUT2D eigenvalue weighted by Gasteiger charge is 2.31. The van der Waals surface area contributed by atoms with Gasteiger partial charge in [-0.1, -0.05) is 30.3 Å². The smallest absolute Gasteiger partial charge is 0.312 e. The molecular formula is C13H17N3O2. The van der Waals surface area contributed by atoms with Gasteiger partial charge in [-0.05, 0) is 5.56 Å². The van der Waals surface area contributed by atoms with Crippen LogP contribution in [0.15, 0.2) is 30.3 Å². The molecule has 1 aliphatic heterocycles. The summed E-state index contributed by atoms with van der Waals surface area (Å²) in [4.78, 5) is 26.3. The van der Waals surface area contributed by atoms with Crippen molar-refractivity contribution in [1.29, 1.82) is 0 Å². The van der Waals surface area contributed by atoms with Crippen molar-refractivity contribution in [2.24, 2.45) is 5.73 Å². The van der Waals surface area contributed by atoms with Crippen LogP contribution in [0.1, 0.15) is 11.6 Å². The van der Waals surface area contributed by atoms with Gasteiger partial charge in [-0.25, -0.2) is 0 Å². The minimum absolute atomic E-state index is 0.258. The minimum Gasteiger partial charge on any atom is -0.336 e. The number of amides is 2. The van der Waals surface area contributed by atoms with Gasteiger partial charge in [0.05, 0.1) is 0 Å². The van der Waals surface area contributed by atoms with Crippen molar-refractivity contribution in [3.8, 4) is 0 Å². The summed E-state index contributed by atoms with van der Waals surface area (Å²) in [7, 11) is 1.63. The first kappa shape index (κ1) is 12.6. The van der Waals surface area contributed by atoms with E-state index in [0.717, 1.165) is 5.56 Å². The molecule has 5 nitrogen and oxygen atoms in total. The van der Waals surface area contributed by atoms with Crippen LogP contribution in [0.5, 0.6) is 0 Å². The molecule has 0 aromatic heterocycles. The topological polar surface area (TPSA) is 66.6 Å². The van der Waals surface area contributed by atoms with Gasteiger partial charge >= 0.3 is 11.8 Å². The Morgan fingerprint density at radius 3 is 2.50 bits per heavy atom. The number of rotatable bonds is 3. The first-order valence-corrected chi connectivity index (χ1v) is 5.94. The molecule has 1 atom stereocenters. The van der Waals surface area contributed by atoms with E-state index >= 15 is 0 Å². The molecule has 1 heterocycles. The summed E-state index contributed by atoms with van der Waals surface area (Å²) in [6.07, 6.45) is 0. The maximum absolute atomic E-state index is 11.8. The van der Waals surface area contributed by atoms with Crippen LogP contribution in [0.4, 0.5) is 0 Å². The average Bonchev–Trinajstić information content (AvgIpc) is 2.40. The second-order valence-electron chi connectivity index (χ2n) is 4.50. The fourth-order valence-corrected chi connectivity index (χ4v) is 1.99. The van der Waals surface area contributed by atoms with Gasteiger partial charge in [0.1, 0.15) is 0 Å². The van der Waals surface area contributed by atoms with Gasteiger partial charge in [-0.3, -0.25) is 9.59 Å². The molecule has 1 unspecified atom stereocenters. The standard InChI is InChI=1S/C13H17N3O2/c1-15-7-8-16(13(18)12(15)17)9-11(14)10-5-3-2-4-6-10/h2-6,11H,7-9,14H2,1H3. The molecule has 1 saturated heterocycles. The summed E-state index contributed by atoms with van der Waals surface area (Å²) in [5, 5.41) is 0. The van der Waals surface area contributed by atoms with E-state index in [1.54, 1.807) is 7.05 Å². The molecule has 96 valence electrons. The molecule has 5 heteroatoms. The number of nitrogens with zero attached hydrogens (tertiary/aromatic N) is 2. The van der Waals surface area contributed by atoms with Gasteiger partial charge in [0.15, 0.2) is 0 Å². The molecule has 2 amide bonds. The SMILES string of the molecule is CN1CCN(CC(N)c2ccccc2)C(=O)C1=O. The predicted molar refractivity (Wildman–Crippen MR) is 67.6 cm³/mol. The van der Waals surface area contributed by atoms with Crippen molar-refractivity contribution < 1.29 is 9.59 Å². The van der Waals surface area contributed by atoms with Gasteiger partial charge in [-0.15, -0.1) is 0 Å². The second-order valence-corrected chi connectivity index (χ2v) is 4.50. The van der Waals surface area contributed by atoms with Crippen molar-refractivity contribution in [3.05, 3.63) is 35.9 Å². The Hall–Kier alpha value is -1.88. The number of piperazine rings is 1. The number of nitrogens with two attached hydrogens (primary N) is 1. The summed E-state index contributed by atoms with van der Waals surface area (Å²) >= 11 is 0. The maximum atomic E-state index is 11.8. The van der Waals surface area contributed by atoms with Crippen LogP contribution in [0.3, 0.4) is 0 Å². The van der Waals surface area contributed by atoms with Crippen LogP contribution in [0, 0.1) is 0 Å². The molecule has 2 N–H and O–H groups in total. The van der Waals surface area contributed by atoms with Crippen LogP contribution >= 0.6 is 0 Å². The molecule has 18 heavy (non-hydrogen) atoms. The third-order valence-electron chi connectivity index (χ3n) is 3.17. The Morgan fingerprint density at radius 1 is 1.17 bits per heavy atom. The highest BCUT2D eigenvalue weighted by atomic mass is 16.2. The largest absolute Gasteiger partial charge is 0.336 e. The molecule has 1 aromatic carbocycles. The first-order chi connectivity index (χ1) is 8.59. The van der Waals surface area contributed by atoms with Crippen LogP contribution in [0.2, 0.25) is 0 Å². The lowest BCUT2D eigenvalue weighted by Crippen LogP contribution is -2.54. The molecule has 2 rings (SSSR count). The van der Waals surface area contributed by atoms with Crippen LogP contribution in [-0.4, -0.2) is 48.3 Å². The summed E-state index contributed by atoms with van der Waals surface area (Å²) < 4.78 is 0. The van der Waals surface area contributed by atoms with E-state index in [-0.39, 0.29) is 6.04 Å². The van der Waals surface area contributed by atoms with E-state index in [1.165, 1.54) is 9.80 Å². The highest BCUT2D eigenvalue weighted by molar-refractivity contribution is 6.35. The number of carbonyl (C=O) groups excluding carboxylic acids is 2. The molecule has 0 spiro atoms. The Morgan fingerprint density at radius 2 is 1.83 bits per heavy atom. The number of carbonyl (C=O) groups is 2. The highest BCUT2D eigenvalue weighted by Crippen LogP contribution is 2.13. The zero-order valence-electron chi connectivity index (χ0n) is 10.4. The molecule has 1 fully saturated rings. The third kappa shape index (κ3) is 2.51. The predicted octanol–water partition coefficient (Wildman–Crippen LogP) is -0.0130. The monoisotopic (exact) mass is 247 g/mol. The molecule has 0 bridgehead atoms. The molecule has 0 saturated carbocycles. The van der Waals surface area contributed by atoms with Gasteiger partial charge in [-0.2, -0.15) is 0 Å². The van der Waals surface area contributed by atoms with Crippen LogP contribution in [-0.2, 0) is 9.59 Å². The molecule has 1 aromatic rings. The number of hydrogen-bond donors (Lipinski definition) is 1. The lowest BCUT2D eigenvalue weighted by Gasteiger charge is -2.33. The third-order valence-corrected chi connectivity index (χ3v) is 3.17. The normalized spacial score (nSPS) is 18.1. The zero-order chi connectivity index (χ0) is 13.1. The van der Waals surface area contributed by atoms with Gasteiger partial charge in [0.25, 0.3) is 0 Å². The van der Waals surface area contributed by atoms with E-state index < -0.39 is 11.8 Å². The van der Waals surface area contributed by atoms with E-state index in [4.69, 9.17) is 5.73 Å². The van der Waals surface area contributed by atoms with E-state index in [0.29, 0.717) is 19.6 Å². The summed E-state index contributed by atoms with van der Waals surface area (Å²) in [6, 6.07) is 9.32. The van der Waals surface area contributed by atoms with E-state index in [9.17, 15) is 9.59 Å². The summed E-state index contributed by atoms with van der Waals surface area (Å²) in [5.74, 6) is -0.920. The van der Waals surface area contributed by atoms with E-state index in [2.05, 4.69) is 0 Å². The quantitative estimate of drug-likeness (QED) is 0.764. The van der Waals surface area contributed by atoms with Gasteiger partial charge < -0.3 is 15.5 Å². The summed E-state index contributed by atoms with van der Waals surface area (Å²) in [5.41, 5.74) is 7.02. The van der Waals surface area contributed by atoms with Gasteiger partial charge in [0.2, 0.25) is 0 Å². The second kappa shape index (κ2) is 5.18. The van der Waals surface area contributed by atoms with Crippen molar-refractivity contribution in [2.75, 3.05) is 26.7 Å². The van der Waals surface area contributed by atoms with Crippen molar-refractivity contribution in [2.45, 2.75) is 6.04 Å². The lowest BCUT2D eigenvalue weighted by atomic mass is 10.1. The van der Waals surface area contributed by atoms with Gasteiger partial charge in [0, 0.05) is 32.7 Å². The van der Waals surface area contributed by atoms with Crippen molar-refractivity contribution in [3.63, 3.8) is 0 Å². The Balaban J connectivity index is 2.02. The zero-order valence-corrected chi connectivity index (χ0v) is 10.4. The Bertz CT molecular complexity index is 447. The molecular weight excluding hydrogens is 230 g/mol. The number of benzene rings is 1. The number of likely N-dealkylation sites (N-methyl/N-ethyl adjacent to an activating group) is 1. The maximum Gasteiger partial charge on any atom is 0.312 e. The summed E-state index contributed by atoms with van der Waals surface area (Å²) in [6.45, 7) is 1.48. The molecule has 0 radical (unpaired) electrons. The fraction of sp³-hybridized carbons (Fsp3) is 0.385. The Labute approximate surface area is 106 Å². The Kier molecular flexibility index (Phi) is 3.62.